The van der Waals surface area contributed by atoms with Gasteiger partial charge in [-0.25, -0.2) is 19.9 Å². The van der Waals surface area contributed by atoms with Gasteiger partial charge in [-0.2, -0.15) is 0 Å². The fraction of sp³-hybridized carbons (Fsp3) is 0.789. The second-order valence-electron chi connectivity index (χ2n) is 7.16. The van der Waals surface area contributed by atoms with Crippen LogP contribution in [0.2, 0.25) is 0 Å². The van der Waals surface area contributed by atoms with Crippen molar-refractivity contribution in [3.05, 3.63) is 24.7 Å². The van der Waals surface area contributed by atoms with Crippen molar-refractivity contribution >= 4 is 16.3 Å². The predicted octanol–water partition coefficient (Wildman–Crippen LogP) is 7.88. The van der Waals surface area contributed by atoms with E-state index in [9.17, 15) is 0 Å². The Morgan fingerprint density at radius 3 is 0.862 bits per heavy atom. The molecule has 0 amide bonds. The first-order valence-corrected chi connectivity index (χ1v) is 12.6. The Morgan fingerprint density at radius 1 is 0.724 bits per heavy atom. The number of hydrogen-bond acceptors (Lipinski definition) is 6. The molecule has 0 bridgehead atoms. The molecule has 0 saturated carbocycles. The van der Waals surface area contributed by atoms with Crippen LogP contribution in [0.1, 0.15) is 61.8 Å². The van der Waals surface area contributed by atoms with Gasteiger partial charge in [0.15, 0.2) is 0 Å². The first-order valence-electron chi connectivity index (χ1n) is 8.29. The maximum Gasteiger partial charge on any atom is 0.0906 e. The normalized spacial score (nSPS) is 9.59. The summed E-state index contributed by atoms with van der Waals surface area (Å²) < 4.78 is 7.63. The molecule has 10 heteroatoms. The molecule has 0 aromatic carbocycles. The first kappa shape index (κ1) is 47.7. The molecule has 0 fully saturated rings. The monoisotopic (exact) mass is 534 g/mol. The zero-order valence-electron chi connectivity index (χ0n) is 19.2. The van der Waals surface area contributed by atoms with Crippen LogP contribution in [0.5, 0.6) is 0 Å². The number of rotatable bonds is 6. The van der Waals surface area contributed by atoms with Crippen LogP contribution in [0.25, 0.3) is 0 Å². The van der Waals surface area contributed by atoms with Crippen molar-refractivity contribution in [2.24, 2.45) is 10.8 Å². The van der Waals surface area contributed by atoms with Crippen LogP contribution in [0.15, 0.2) is 24.7 Å². The molecule has 0 heterocycles. The molecule has 0 spiro atoms. The van der Waals surface area contributed by atoms with Crippen molar-refractivity contribution in [2.45, 2.75) is 61.8 Å². The Labute approximate surface area is 206 Å². The van der Waals surface area contributed by atoms with E-state index in [0.29, 0.717) is 0 Å². The van der Waals surface area contributed by atoms with Crippen LogP contribution in [0.3, 0.4) is 0 Å². The molecule has 0 saturated heterocycles. The van der Waals surface area contributed by atoms with E-state index >= 15 is 0 Å². The van der Waals surface area contributed by atoms with Gasteiger partial charge >= 0.3 is 0 Å². The van der Waals surface area contributed by atoms with Gasteiger partial charge in [-0.3, -0.25) is 0 Å². The van der Waals surface area contributed by atoms with Crippen LogP contribution in [-0.4, -0.2) is 47.4 Å². The van der Waals surface area contributed by atoms with Crippen LogP contribution < -0.4 is 0 Å². The third-order valence-electron chi connectivity index (χ3n) is 3.66. The van der Waals surface area contributed by atoms with Crippen molar-refractivity contribution in [3.8, 4) is 0 Å². The minimum absolute atomic E-state index is 0. The Morgan fingerprint density at radius 2 is 0.862 bits per heavy atom. The Balaban J connectivity index is -0.0000000440. The summed E-state index contributed by atoms with van der Waals surface area (Å²) in [6.45, 7) is 26.1. The summed E-state index contributed by atoms with van der Waals surface area (Å²) in [5.74, 6) is 0.556. The molecule has 0 aromatic heterocycles. The third-order valence-corrected chi connectivity index (χ3v) is 4.31. The molecule has 0 rings (SSSR count). The molecule has 0 unspecified atom stereocenters. The van der Waals surface area contributed by atoms with Crippen molar-refractivity contribution in [1.82, 2.24) is 0 Å². The fourth-order valence-electron chi connectivity index (χ4n) is 0.408. The summed E-state index contributed by atoms with van der Waals surface area (Å²) in [5.41, 5.74) is -0.194. The van der Waals surface area contributed by atoms with E-state index in [2.05, 4.69) is 22.5 Å². The van der Waals surface area contributed by atoms with E-state index in [1.807, 2.05) is 68.2 Å². The number of hydrogen-bond donors (Lipinski definition) is 4. The van der Waals surface area contributed by atoms with Gasteiger partial charge < -0.3 is 10.2 Å². The van der Waals surface area contributed by atoms with Gasteiger partial charge in [0.05, 0.1) is 27.8 Å². The molecule has 6 nitrogen and oxygen atoms in total. The van der Waals surface area contributed by atoms with Crippen LogP contribution in [0, 0.1) is 10.8 Å². The molecule has 178 valence electrons. The maximum atomic E-state index is 8.89. The van der Waals surface area contributed by atoms with E-state index in [1.54, 1.807) is 0 Å². The largest absolute Gasteiger partial charge is 0.512 e. The SMILES string of the molecule is C.C=C(O)C(C)(C)CC.C=C(O)C(C)(C)CC.CP(C)OO.CP(C)OO.[V].[V]. The van der Waals surface area contributed by atoms with Gasteiger partial charge in [0.1, 0.15) is 0 Å². The molecule has 29 heavy (non-hydrogen) atoms. The van der Waals surface area contributed by atoms with Gasteiger partial charge in [-0.1, -0.05) is 62.1 Å². The Kier molecular flexibility index (Phi) is 44.3. The third kappa shape index (κ3) is 39.9. The fourth-order valence-corrected chi connectivity index (χ4v) is 0.408. The molecule has 0 aliphatic rings. The van der Waals surface area contributed by atoms with E-state index in [4.69, 9.17) is 20.7 Å². The Bertz CT molecular complexity index is 333. The summed E-state index contributed by atoms with van der Waals surface area (Å²) >= 11 is 0. The van der Waals surface area contributed by atoms with Gasteiger partial charge in [0.2, 0.25) is 0 Å². The number of aliphatic hydroxyl groups excluding tert-OH is 2. The molecule has 0 atom stereocenters. The summed E-state index contributed by atoms with van der Waals surface area (Å²) in [4.78, 5) is 0. The van der Waals surface area contributed by atoms with Crippen LogP contribution in [-0.2, 0) is 46.5 Å². The van der Waals surface area contributed by atoms with E-state index in [1.165, 1.54) is 0 Å². The minimum Gasteiger partial charge on any atom is -0.512 e. The second kappa shape index (κ2) is 27.0. The molecular formula is C19H46O6P2V2. The zero-order chi connectivity index (χ0) is 22.1. The molecular weight excluding hydrogens is 488 g/mol. The quantitative estimate of drug-likeness (QED) is 0.120. The molecule has 0 aliphatic carbocycles. The summed E-state index contributed by atoms with van der Waals surface area (Å²) in [6.07, 6.45) is 1.87. The molecule has 0 aromatic rings. The predicted molar refractivity (Wildman–Crippen MR) is 123 cm³/mol. The smallest absolute Gasteiger partial charge is 0.0906 e. The van der Waals surface area contributed by atoms with Gasteiger partial charge in [0, 0.05) is 47.9 Å². The topological polar surface area (TPSA) is 99.4 Å². The molecule has 2 radical (unpaired) electrons. The van der Waals surface area contributed by atoms with Gasteiger partial charge in [0.25, 0.3) is 0 Å². The number of allylic oxidation sites excluding steroid dienone is 2. The average molecular weight is 534 g/mol. The summed E-state index contributed by atoms with van der Waals surface area (Å²) in [6, 6.07) is 0. The van der Waals surface area contributed by atoms with Crippen molar-refractivity contribution in [2.75, 3.05) is 26.7 Å². The van der Waals surface area contributed by atoms with Crippen molar-refractivity contribution in [3.63, 3.8) is 0 Å². The zero-order valence-corrected chi connectivity index (χ0v) is 23.8. The minimum atomic E-state index is -0.543. The molecule has 4 N–H and O–H groups in total. The van der Waals surface area contributed by atoms with Gasteiger partial charge in [-0.15, -0.1) is 0 Å². The van der Waals surface area contributed by atoms with E-state index in [0.717, 1.165) is 12.8 Å². The van der Waals surface area contributed by atoms with E-state index in [-0.39, 0.29) is 66.9 Å². The van der Waals surface area contributed by atoms with Crippen LogP contribution >= 0.6 is 16.3 Å². The molecule has 0 aliphatic heterocycles. The second-order valence-corrected chi connectivity index (χ2v) is 10.7. The van der Waals surface area contributed by atoms with E-state index < -0.39 is 16.3 Å². The van der Waals surface area contributed by atoms with Gasteiger partial charge in [-0.05, 0) is 39.5 Å². The summed E-state index contributed by atoms with van der Waals surface area (Å²) in [5, 5.41) is 33.1. The summed E-state index contributed by atoms with van der Waals surface area (Å²) in [7, 11) is -1.09. The van der Waals surface area contributed by atoms with Crippen molar-refractivity contribution < 1.29 is 67.2 Å². The van der Waals surface area contributed by atoms with Crippen molar-refractivity contribution in [1.29, 1.82) is 0 Å². The Hall–Kier alpha value is 0.949. The first-order chi connectivity index (χ1) is 11.5. The van der Waals surface area contributed by atoms with Crippen LogP contribution in [0.4, 0.5) is 0 Å². The number of aliphatic hydroxyl groups is 2. The standard InChI is InChI=1S/2C7H14O.2C2H7O2P.CH4.2V/c2*1-5-7(3,4)6(2)8;2*1-5(2)4-3;;;/h2*8H,2,5H2,1,3-4H3;2*3H,1-2H3;1H4;;. The maximum absolute atomic E-state index is 8.89. The average Bonchev–Trinajstić information content (AvgIpc) is 2.55.